The molecule has 2 aromatic heterocycles. The fourth-order valence-corrected chi connectivity index (χ4v) is 4.57. The minimum absolute atomic E-state index is 0. The second kappa shape index (κ2) is 17.3. The highest BCUT2D eigenvalue weighted by molar-refractivity contribution is 7.13. The number of halogens is 1. The predicted octanol–water partition coefficient (Wildman–Crippen LogP) is 6.02. The van der Waals surface area contributed by atoms with Crippen LogP contribution in [0.3, 0.4) is 0 Å². The molecule has 2 N–H and O–H groups in total. The first kappa shape index (κ1) is 31.9. The van der Waals surface area contributed by atoms with Gasteiger partial charge in [0.1, 0.15) is 22.3 Å². The third-order valence-electron chi connectivity index (χ3n) is 5.73. The number of carbonyl (C=O) groups is 2. The van der Waals surface area contributed by atoms with E-state index in [9.17, 15) is 14.0 Å². The smallest absolute Gasteiger partial charge is 0.409 e. The summed E-state index contributed by atoms with van der Waals surface area (Å²) in [6, 6.07) is 6.85. The summed E-state index contributed by atoms with van der Waals surface area (Å²) in [4.78, 5) is 27.5. The van der Waals surface area contributed by atoms with E-state index in [-0.39, 0.29) is 20.8 Å². The van der Waals surface area contributed by atoms with Crippen molar-refractivity contribution in [1.82, 2.24) is 25.7 Å². The lowest BCUT2D eigenvalue weighted by molar-refractivity contribution is -0.109. The largest absolute Gasteiger partial charge is 0.450 e. The van der Waals surface area contributed by atoms with E-state index < -0.39 is 0 Å². The van der Waals surface area contributed by atoms with Gasteiger partial charge in [-0.15, -0.1) is 11.3 Å². The summed E-state index contributed by atoms with van der Waals surface area (Å²) in [5.74, 6) is 0.465. The number of amides is 2. The Balaban J connectivity index is 0.00000143. The third-order valence-corrected chi connectivity index (χ3v) is 6.52. The monoisotopic (exact) mass is 565 g/mol. The first-order chi connectivity index (χ1) is 18.9. The van der Waals surface area contributed by atoms with Crippen LogP contribution in [0.25, 0.3) is 21.8 Å². The van der Waals surface area contributed by atoms with Gasteiger partial charge >= 0.3 is 6.09 Å². The molecule has 2 amide bonds. The van der Waals surface area contributed by atoms with E-state index in [2.05, 4.69) is 20.8 Å². The number of likely N-dealkylation sites (tertiary alicyclic amines) is 1. The normalized spacial score (nSPS) is 13.2. The average molecular weight is 566 g/mol. The minimum Gasteiger partial charge on any atom is -0.450 e. The molecule has 1 aromatic carbocycles. The van der Waals surface area contributed by atoms with Crippen molar-refractivity contribution in [2.45, 2.75) is 66.0 Å². The number of thiazole rings is 1. The maximum atomic E-state index is 13.3. The van der Waals surface area contributed by atoms with Gasteiger partial charge < -0.3 is 24.8 Å². The Morgan fingerprint density at radius 2 is 1.97 bits per heavy atom. The molecule has 1 fully saturated rings. The zero-order valence-corrected chi connectivity index (χ0v) is 24.2. The topological polar surface area (TPSA) is 110 Å². The van der Waals surface area contributed by atoms with Crippen LogP contribution in [0.4, 0.5) is 9.18 Å². The summed E-state index contributed by atoms with van der Waals surface area (Å²) in [6.07, 6.45) is 4.64. The number of piperidine rings is 1. The quantitative estimate of drug-likeness (QED) is 0.306. The number of carbonyl (C=O) groups excluding carboxylic acids is 2. The van der Waals surface area contributed by atoms with E-state index in [1.807, 2.05) is 40.0 Å². The molecule has 3 aromatic rings. The molecule has 4 rings (SSSR count). The van der Waals surface area contributed by atoms with E-state index >= 15 is 0 Å². The standard InChI is InChI=1S/C22H25FN4O3S.C4H9NO.C2H6.2H2/c1-2-29-22(28)27-12-8-17(9-13-27)24-10-7-18-19(21-25-11-14-31-21)20(26-30-18)15-3-5-16(23)6-4-15;1-4(2)5-3-6;1-2;;/h3-6,11,14,17,24H,2,7-10,12-13H2,1H3;3-4H,1-2H3,(H,5,6);1-2H3;2*1H. The Labute approximate surface area is 237 Å². The van der Waals surface area contributed by atoms with Gasteiger partial charge in [0, 0.05) is 58.1 Å². The lowest BCUT2D eigenvalue weighted by Gasteiger charge is -2.31. The highest BCUT2D eigenvalue weighted by Crippen LogP contribution is 2.36. The van der Waals surface area contributed by atoms with Crippen LogP contribution in [-0.4, -0.2) is 65.9 Å². The van der Waals surface area contributed by atoms with Gasteiger partial charge in [0.15, 0.2) is 0 Å². The molecule has 0 radical (unpaired) electrons. The Bertz CT molecular complexity index is 1110. The van der Waals surface area contributed by atoms with E-state index in [0.717, 1.165) is 41.3 Å². The second-order valence-corrected chi connectivity index (χ2v) is 9.67. The molecule has 0 aliphatic carbocycles. The van der Waals surface area contributed by atoms with Crippen LogP contribution in [0.1, 0.15) is 56.1 Å². The average Bonchev–Trinajstić information content (AvgIpc) is 3.61. The summed E-state index contributed by atoms with van der Waals surface area (Å²) in [5, 5.41) is 13.1. The van der Waals surface area contributed by atoms with E-state index in [1.54, 1.807) is 23.2 Å². The molecule has 1 aliphatic heterocycles. The van der Waals surface area contributed by atoms with Gasteiger partial charge in [0.05, 0.1) is 12.2 Å². The Morgan fingerprint density at radius 3 is 2.51 bits per heavy atom. The summed E-state index contributed by atoms with van der Waals surface area (Å²) in [5.41, 5.74) is 2.33. The van der Waals surface area contributed by atoms with Gasteiger partial charge in [-0.2, -0.15) is 0 Å². The maximum Gasteiger partial charge on any atom is 0.409 e. The van der Waals surface area contributed by atoms with Crippen molar-refractivity contribution in [2.75, 3.05) is 26.2 Å². The lowest BCUT2D eigenvalue weighted by Crippen LogP contribution is -2.45. The molecule has 9 nitrogen and oxygen atoms in total. The fourth-order valence-electron chi connectivity index (χ4n) is 3.87. The van der Waals surface area contributed by atoms with Crippen LogP contribution >= 0.6 is 11.3 Å². The van der Waals surface area contributed by atoms with Crippen molar-refractivity contribution in [1.29, 1.82) is 0 Å². The number of aromatic nitrogens is 2. The van der Waals surface area contributed by atoms with Gasteiger partial charge in [0.2, 0.25) is 6.41 Å². The maximum absolute atomic E-state index is 13.3. The second-order valence-electron chi connectivity index (χ2n) is 8.78. The van der Waals surface area contributed by atoms with E-state index in [0.29, 0.717) is 44.3 Å². The number of rotatable bonds is 9. The summed E-state index contributed by atoms with van der Waals surface area (Å²) < 4.78 is 24.1. The number of ether oxygens (including phenoxy) is 1. The Morgan fingerprint density at radius 1 is 1.28 bits per heavy atom. The third kappa shape index (κ3) is 10.1. The van der Waals surface area contributed by atoms with Crippen LogP contribution < -0.4 is 10.6 Å². The molecule has 0 atom stereocenters. The summed E-state index contributed by atoms with van der Waals surface area (Å²) in [7, 11) is 0. The lowest BCUT2D eigenvalue weighted by atomic mass is 10.0. The minimum atomic E-state index is -0.290. The molecule has 0 saturated carbocycles. The van der Waals surface area contributed by atoms with Gasteiger partial charge in [-0.05, 0) is 57.9 Å². The Kier molecular flexibility index (Phi) is 14.2. The molecule has 1 saturated heterocycles. The molecular weight excluding hydrogens is 521 g/mol. The number of hydrogen-bond acceptors (Lipinski definition) is 8. The highest BCUT2D eigenvalue weighted by atomic mass is 32.1. The van der Waals surface area contributed by atoms with Gasteiger partial charge in [-0.1, -0.05) is 19.0 Å². The van der Waals surface area contributed by atoms with Gasteiger partial charge in [-0.25, -0.2) is 14.2 Å². The molecule has 3 heterocycles. The van der Waals surface area contributed by atoms with E-state index in [1.165, 1.54) is 23.5 Å². The predicted molar refractivity (Wildman–Crippen MR) is 156 cm³/mol. The highest BCUT2D eigenvalue weighted by Gasteiger charge is 2.24. The van der Waals surface area contributed by atoms with Gasteiger partial charge in [0.25, 0.3) is 0 Å². The number of nitrogens with zero attached hydrogens (tertiary/aromatic N) is 3. The fraction of sp³-hybridized carbons (Fsp3) is 0.500. The van der Waals surface area contributed by atoms with Crippen LogP contribution in [0.15, 0.2) is 40.4 Å². The zero-order valence-electron chi connectivity index (χ0n) is 23.4. The van der Waals surface area contributed by atoms with Crippen LogP contribution in [0.5, 0.6) is 0 Å². The van der Waals surface area contributed by atoms with Crippen molar-refractivity contribution in [3.05, 3.63) is 47.4 Å². The zero-order chi connectivity index (χ0) is 28.6. The summed E-state index contributed by atoms with van der Waals surface area (Å²) in [6.45, 7) is 12.1. The first-order valence-electron chi connectivity index (χ1n) is 13.4. The van der Waals surface area contributed by atoms with Crippen molar-refractivity contribution < 1.29 is 26.1 Å². The number of nitrogens with one attached hydrogen (secondary N) is 2. The Hall–Kier alpha value is -3.31. The van der Waals surface area contributed by atoms with Crippen LogP contribution in [0.2, 0.25) is 0 Å². The summed E-state index contributed by atoms with van der Waals surface area (Å²) >= 11 is 1.52. The van der Waals surface area contributed by atoms with Crippen molar-refractivity contribution in [3.63, 3.8) is 0 Å². The molecule has 11 heteroatoms. The first-order valence-corrected chi connectivity index (χ1v) is 14.3. The number of hydrogen-bond donors (Lipinski definition) is 2. The molecule has 218 valence electrons. The number of benzene rings is 1. The van der Waals surface area contributed by atoms with Crippen molar-refractivity contribution in [2.24, 2.45) is 0 Å². The van der Waals surface area contributed by atoms with Crippen molar-refractivity contribution >= 4 is 23.8 Å². The molecule has 0 unspecified atom stereocenters. The van der Waals surface area contributed by atoms with Crippen LogP contribution in [-0.2, 0) is 16.0 Å². The van der Waals surface area contributed by atoms with Crippen LogP contribution in [0, 0.1) is 5.82 Å². The molecule has 0 bridgehead atoms. The molecule has 39 heavy (non-hydrogen) atoms. The molecule has 0 spiro atoms. The van der Waals surface area contributed by atoms with Crippen molar-refractivity contribution in [3.8, 4) is 21.8 Å². The SMILES string of the molecule is CC.CC(C)NC=O.CCOC(=O)N1CCC(NCCc2onc(-c3ccc(F)cc3)c2-c2nccs2)CC1.[HH].[HH]. The van der Waals surface area contributed by atoms with E-state index in [4.69, 9.17) is 9.26 Å². The van der Waals surface area contributed by atoms with Gasteiger partial charge in [-0.3, -0.25) is 4.79 Å². The molecule has 1 aliphatic rings. The molecular formula is C28H44FN5O4S.